The van der Waals surface area contributed by atoms with Gasteiger partial charge in [-0.1, -0.05) is 12.1 Å². The summed E-state index contributed by atoms with van der Waals surface area (Å²) in [5, 5.41) is 0. The van der Waals surface area contributed by atoms with Gasteiger partial charge in [-0.05, 0) is 38.0 Å². The fourth-order valence-corrected chi connectivity index (χ4v) is 2.68. The first kappa shape index (κ1) is 15.5. The van der Waals surface area contributed by atoms with Crippen LogP contribution in [0.15, 0.2) is 18.2 Å². The van der Waals surface area contributed by atoms with Crippen LogP contribution >= 0.6 is 0 Å². The van der Waals surface area contributed by atoms with Crippen LogP contribution in [0, 0.1) is 13.8 Å². The number of rotatable bonds is 3. The molecular weight excluding hydrogens is 268 g/mol. The lowest BCUT2D eigenvalue weighted by molar-refractivity contribution is -0.143. The maximum atomic E-state index is 12.6. The molecule has 5 heteroatoms. The first-order valence-electron chi connectivity index (χ1n) is 7.13. The van der Waals surface area contributed by atoms with Gasteiger partial charge in [0.2, 0.25) is 11.8 Å². The van der Waals surface area contributed by atoms with Crippen molar-refractivity contribution in [2.75, 3.05) is 31.7 Å². The second-order valence-corrected chi connectivity index (χ2v) is 5.41. The molecule has 21 heavy (non-hydrogen) atoms. The molecule has 2 amide bonds. The number of aryl methyl sites for hydroxylation is 1. The molecule has 114 valence electrons. The SMILES string of the molecule is COCC(=O)N1CCN(c2cccc(C)c2C)C(=O)[C@H]1C. The number of anilines is 1. The Morgan fingerprint density at radius 1 is 1.33 bits per heavy atom. The number of benzene rings is 1. The molecular formula is C16H22N2O3. The van der Waals surface area contributed by atoms with Crippen LogP contribution in [0.4, 0.5) is 5.69 Å². The Balaban J connectivity index is 2.22. The summed E-state index contributed by atoms with van der Waals surface area (Å²) in [6.45, 7) is 6.88. The minimum Gasteiger partial charge on any atom is -0.375 e. The van der Waals surface area contributed by atoms with Gasteiger partial charge >= 0.3 is 0 Å². The van der Waals surface area contributed by atoms with Crippen molar-refractivity contribution in [3.63, 3.8) is 0 Å². The second kappa shape index (κ2) is 6.26. The van der Waals surface area contributed by atoms with Gasteiger partial charge in [-0.3, -0.25) is 9.59 Å². The predicted molar refractivity (Wildman–Crippen MR) is 81.3 cm³/mol. The normalized spacial score (nSPS) is 19.0. The fraction of sp³-hybridized carbons (Fsp3) is 0.500. The summed E-state index contributed by atoms with van der Waals surface area (Å²) in [7, 11) is 1.48. The Morgan fingerprint density at radius 3 is 2.71 bits per heavy atom. The molecule has 0 bridgehead atoms. The lowest BCUT2D eigenvalue weighted by Crippen LogP contribution is -2.58. The van der Waals surface area contributed by atoms with E-state index in [1.165, 1.54) is 7.11 Å². The average molecular weight is 290 g/mol. The third-order valence-electron chi connectivity index (χ3n) is 4.11. The lowest BCUT2D eigenvalue weighted by Gasteiger charge is -2.39. The van der Waals surface area contributed by atoms with Crippen LogP contribution in [0.5, 0.6) is 0 Å². The summed E-state index contributed by atoms with van der Waals surface area (Å²) in [6, 6.07) is 5.49. The largest absolute Gasteiger partial charge is 0.375 e. The van der Waals surface area contributed by atoms with Crippen molar-refractivity contribution in [2.24, 2.45) is 0 Å². The molecule has 0 aromatic heterocycles. The minimum atomic E-state index is -0.457. The Labute approximate surface area is 125 Å². The van der Waals surface area contributed by atoms with Crippen LogP contribution in [0.3, 0.4) is 0 Å². The van der Waals surface area contributed by atoms with Gasteiger partial charge in [-0.2, -0.15) is 0 Å². The van der Waals surface area contributed by atoms with E-state index < -0.39 is 6.04 Å². The molecule has 1 atom stereocenters. The van der Waals surface area contributed by atoms with E-state index in [1.54, 1.807) is 16.7 Å². The number of carbonyl (C=O) groups excluding carboxylic acids is 2. The highest BCUT2D eigenvalue weighted by Crippen LogP contribution is 2.26. The number of piperazine rings is 1. The van der Waals surface area contributed by atoms with Crippen LogP contribution in [0.25, 0.3) is 0 Å². The zero-order chi connectivity index (χ0) is 15.6. The molecule has 0 radical (unpaired) electrons. The van der Waals surface area contributed by atoms with E-state index in [4.69, 9.17) is 4.74 Å². The van der Waals surface area contributed by atoms with Gasteiger partial charge < -0.3 is 14.5 Å². The number of nitrogens with zero attached hydrogens (tertiary/aromatic N) is 2. The Morgan fingerprint density at radius 2 is 2.05 bits per heavy atom. The van der Waals surface area contributed by atoms with Gasteiger partial charge in [0.05, 0.1) is 0 Å². The topological polar surface area (TPSA) is 49.9 Å². The molecule has 5 nitrogen and oxygen atoms in total. The standard InChI is InChI=1S/C16H22N2O3/c1-11-6-5-7-14(12(11)2)18-9-8-17(13(3)16(18)20)15(19)10-21-4/h5-7,13H,8-10H2,1-4H3/t13-/m1/s1. The van der Waals surface area contributed by atoms with E-state index in [2.05, 4.69) is 0 Å². The van der Waals surface area contributed by atoms with Crippen LogP contribution in [-0.2, 0) is 14.3 Å². The third kappa shape index (κ3) is 2.93. The smallest absolute Gasteiger partial charge is 0.249 e. The zero-order valence-electron chi connectivity index (χ0n) is 13.0. The summed E-state index contributed by atoms with van der Waals surface area (Å²) < 4.78 is 4.87. The van der Waals surface area contributed by atoms with E-state index >= 15 is 0 Å². The molecule has 0 spiro atoms. The molecule has 0 aliphatic carbocycles. The van der Waals surface area contributed by atoms with Gasteiger partial charge in [-0.15, -0.1) is 0 Å². The van der Waals surface area contributed by atoms with Crippen LogP contribution in [0.2, 0.25) is 0 Å². The maximum Gasteiger partial charge on any atom is 0.249 e. The molecule has 1 fully saturated rings. The molecule has 0 saturated carbocycles. The van der Waals surface area contributed by atoms with Crippen molar-refractivity contribution in [1.29, 1.82) is 0 Å². The first-order valence-corrected chi connectivity index (χ1v) is 7.13. The summed E-state index contributed by atoms with van der Waals surface area (Å²) in [6.07, 6.45) is 0. The molecule has 1 aromatic rings. The fourth-order valence-electron chi connectivity index (χ4n) is 2.68. The zero-order valence-corrected chi connectivity index (χ0v) is 13.0. The first-order chi connectivity index (χ1) is 9.97. The highest BCUT2D eigenvalue weighted by molar-refractivity contribution is 6.00. The predicted octanol–water partition coefficient (Wildman–Crippen LogP) is 1.51. The van der Waals surface area contributed by atoms with E-state index in [9.17, 15) is 9.59 Å². The van der Waals surface area contributed by atoms with Crippen molar-refractivity contribution < 1.29 is 14.3 Å². The summed E-state index contributed by atoms with van der Waals surface area (Å²) in [5.41, 5.74) is 3.20. The average Bonchev–Trinajstić information content (AvgIpc) is 2.45. The van der Waals surface area contributed by atoms with E-state index in [1.807, 2.05) is 32.0 Å². The number of hydrogen-bond acceptors (Lipinski definition) is 3. The molecule has 1 heterocycles. The monoisotopic (exact) mass is 290 g/mol. The van der Waals surface area contributed by atoms with Crippen LogP contribution < -0.4 is 4.90 Å². The van der Waals surface area contributed by atoms with Crippen molar-refractivity contribution in [2.45, 2.75) is 26.8 Å². The Hall–Kier alpha value is -1.88. The lowest BCUT2D eigenvalue weighted by atomic mass is 10.0. The Kier molecular flexibility index (Phi) is 4.63. The summed E-state index contributed by atoms with van der Waals surface area (Å²) in [4.78, 5) is 27.9. The van der Waals surface area contributed by atoms with Crippen molar-refractivity contribution in [1.82, 2.24) is 4.90 Å². The summed E-state index contributed by atoms with van der Waals surface area (Å²) >= 11 is 0. The highest BCUT2D eigenvalue weighted by atomic mass is 16.5. The second-order valence-electron chi connectivity index (χ2n) is 5.41. The molecule has 1 saturated heterocycles. The number of amides is 2. The van der Waals surface area contributed by atoms with Gasteiger partial charge in [0.1, 0.15) is 12.6 Å². The summed E-state index contributed by atoms with van der Waals surface area (Å²) in [5.74, 6) is -0.182. The number of carbonyl (C=O) groups is 2. The molecule has 1 aliphatic heterocycles. The van der Waals surface area contributed by atoms with Crippen molar-refractivity contribution in [3.8, 4) is 0 Å². The molecule has 0 N–H and O–H groups in total. The molecule has 0 unspecified atom stereocenters. The Bertz CT molecular complexity index is 556. The highest BCUT2D eigenvalue weighted by Gasteiger charge is 2.35. The van der Waals surface area contributed by atoms with Crippen LogP contribution in [0.1, 0.15) is 18.1 Å². The van der Waals surface area contributed by atoms with E-state index in [0.29, 0.717) is 13.1 Å². The number of ether oxygens (including phenoxy) is 1. The quantitative estimate of drug-likeness (QED) is 0.848. The van der Waals surface area contributed by atoms with E-state index in [0.717, 1.165) is 16.8 Å². The number of methoxy groups -OCH3 is 1. The van der Waals surface area contributed by atoms with Gasteiger partial charge in [0.15, 0.2) is 0 Å². The molecule has 2 rings (SSSR count). The van der Waals surface area contributed by atoms with Crippen molar-refractivity contribution in [3.05, 3.63) is 29.3 Å². The van der Waals surface area contributed by atoms with Gasteiger partial charge in [0.25, 0.3) is 0 Å². The molecule has 1 aromatic carbocycles. The minimum absolute atomic E-state index is 0.0150. The van der Waals surface area contributed by atoms with Gasteiger partial charge in [0, 0.05) is 25.9 Å². The maximum absolute atomic E-state index is 12.6. The van der Waals surface area contributed by atoms with E-state index in [-0.39, 0.29) is 18.4 Å². The number of hydrogen-bond donors (Lipinski definition) is 0. The van der Waals surface area contributed by atoms with Gasteiger partial charge in [-0.25, -0.2) is 0 Å². The third-order valence-corrected chi connectivity index (χ3v) is 4.11. The van der Waals surface area contributed by atoms with Crippen LogP contribution in [-0.4, -0.2) is 49.6 Å². The molecule has 1 aliphatic rings. The van der Waals surface area contributed by atoms with Crippen molar-refractivity contribution >= 4 is 17.5 Å².